The molecule has 2 rings (SSSR count). The number of hydrogen-bond acceptors (Lipinski definition) is 7. The normalized spacial score (nSPS) is 19.0. The number of rotatable bonds is 6. The molecule has 5 N–H and O–H groups in total. The number of amidine groups is 1. The van der Waals surface area contributed by atoms with Crippen LogP contribution in [0.2, 0.25) is 0 Å². The molecule has 0 amide bonds. The highest BCUT2D eigenvalue weighted by molar-refractivity contribution is 7.80. The first-order valence-corrected chi connectivity index (χ1v) is 10.6. The molecular weight excluding hydrogens is 445 g/mol. The number of esters is 1. The molecule has 7 nitrogen and oxygen atoms in total. The van der Waals surface area contributed by atoms with Crippen molar-refractivity contribution < 1.29 is 27.4 Å². The number of thiocarbonyl (C=S) groups is 1. The van der Waals surface area contributed by atoms with Gasteiger partial charge in [0, 0.05) is 0 Å². The van der Waals surface area contributed by atoms with Gasteiger partial charge in [-0.3, -0.25) is 0 Å². The van der Waals surface area contributed by atoms with Gasteiger partial charge in [-0.05, 0) is 51.8 Å². The zero-order valence-electron chi connectivity index (χ0n) is 18.7. The van der Waals surface area contributed by atoms with E-state index < -0.39 is 40.4 Å². The van der Waals surface area contributed by atoms with Gasteiger partial charge in [0.25, 0.3) is 0 Å². The van der Waals surface area contributed by atoms with Crippen molar-refractivity contribution >= 4 is 34.7 Å². The lowest BCUT2D eigenvalue weighted by molar-refractivity contribution is -0.163. The lowest BCUT2D eigenvalue weighted by Crippen LogP contribution is -2.63. The highest BCUT2D eigenvalue weighted by Gasteiger charge is 2.49. The van der Waals surface area contributed by atoms with Gasteiger partial charge < -0.3 is 26.3 Å². The average Bonchev–Trinajstić information content (AvgIpc) is 2.65. The minimum absolute atomic E-state index is 0.113. The number of carbonyl (C=O) groups is 1. The fourth-order valence-corrected chi connectivity index (χ4v) is 3.35. The molecule has 0 saturated heterocycles. The Morgan fingerprint density at radius 2 is 1.97 bits per heavy atom. The topological polar surface area (TPSA) is 112 Å². The SMILES string of the molecule is CCCC(NC(=S)C(F)(F)F)C(N)(C(=O)OC(C)(C)C)c1ccc2c(c1)N=C(N)C(C)O2. The van der Waals surface area contributed by atoms with E-state index in [4.69, 9.17) is 20.9 Å². The summed E-state index contributed by atoms with van der Waals surface area (Å²) in [6, 6.07) is 3.32. The number of fused-ring (bicyclic) bond motifs is 1. The predicted molar refractivity (Wildman–Crippen MR) is 120 cm³/mol. The summed E-state index contributed by atoms with van der Waals surface area (Å²) in [7, 11) is 0. The second-order valence-corrected chi connectivity index (χ2v) is 9.07. The van der Waals surface area contributed by atoms with Gasteiger partial charge in [-0.2, -0.15) is 13.2 Å². The Labute approximate surface area is 190 Å². The van der Waals surface area contributed by atoms with Crippen LogP contribution in [0.3, 0.4) is 0 Å². The van der Waals surface area contributed by atoms with Crippen LogP contribution in [-0.4, -0.2) is 40.7 Å². The number of nitrogens with two attached hydrogens (primary N) is 2. The summed E-state index contributed by atoms with van der Waals surface area (Å²) in [6.45, 7) is 8.40. The summed E-state index contributed by atoms with van der Waals surface area (Å²) in [6.07, 6.45) is -4.69. The van der Waals surface area contributed by atoms with Gasteiger partial charge in [0.1, 0.15) is 22.9 Å². The van der Waals surface area contributed by atoms with E-state index in [1.54, 1.807) is 40.7 Å². The number of ether oxygens (including phenoxy) is 2. The predicted octanol–water partition coefficient (Wildman–Crippen LogP) is 3.60. The van der Waals surface area contributed by atoms with Crippen molar-refractivity contribution in [3.8, 4) is 5.75 Å². The van der Waals surface area contributed by atoms with Crippen LogP contribution in [0.1, 0.15) is 53.0 Å². The van der Waals surface area contributed by atoms with Crippen molar-refractivity contribution in [2.75, 3.05) is 0 Å². The first-order valence-electron chi connectivity index (χ1n) is 10.1. The second-order valence-electron chi connectivity index (χ2n) is 8.66. The third-order valence-corrected chi connectivity index (χ3v) is 5.18. The Balaban J connectivity index is 2.62. The van der Waals surface area contributed by atoms with Crippen molar-refractivity contribution in [2.24, 2.45) is 16.5 Å². The standard InChI is InChI=1S/C21H29F3N4O3S/c1-6-7-15(28-17(32)21(22,23)24)20(26,18(29)31-19(3,4)5)12-8-9-14-13(10-12)27-16(25)11(2)30-14/h8-11,15H,6-7,26H2,1-5H3,(H2,25,27)(H,28,32). The van der Waals surface area contributed by atoms with Gasteiger partial charge in [0.05, 0.1) is 6.04 Å². The molecule has 1 aliphatic heterocycles. The second kappa shape index (κ2) is 9.22. The van der Waals surface area contributed by atoms with Crippen molar-refractivity contribution in [3.05, 3.63) is 23.8 Å². The molecule has 0 fully saturated rings. The van der Waals surface area contributed by atoms with Crippen molar-refractivity contribution in [1.29, 1.82) is 0 Å². The summed E-state index contributed by atoms with van der Waals surface area (Å²) in [4.78, 5) is 16.2. The number of alkyl halides is 3. The van der Waals surface area contributed by atoms with E-state index >= 15 is 0 Å². The van der Waals surface area contributed by atoms with E-state index in [1.807, 2.05) is 0 Å². The maximum absolute atomic E-state index is 13.3. The monoisotopic (exact) mass is 474 g/mol. The van der Waals surface area contributed by atoms with Gasteiger partial charge >= 0.3 is 12.1 Å². The summed E-state index contributed by atoms with van der Waals surface area (Å²) in [5.41, 5.74) is 10.0. The Morgan fingerprint density at radius 3 is 2.50 bits per heavy atom. The lowest BCUT2D eigenvalue weighted by atomic mass is 9.80. The molecular formula is C21H29F3N4O3S. The molecule has 0 saturated carbocycles. The molecule has 32 heavy (non-hydrogen) atoms. The highest BCUT2D eigenvalue weighted by atomic mass is 32.1. The largest absolute Gasteiger partial charge is 0.481 e. The van der Waals surface area contributed by atoms with Crippen molar-refractivity contribution in [2.45, 2.75) is 76.9 Å². The van der Waals surface area contributed by atoms with Crippen molar-refractivity contribution in [3.63, 3.8) is 0 Å². The fourth-order valence-electron chi connectivity index (χ4n) is 3.21. The highest BCUT2D eigenvalue weighted by Crippen LogP contribution is 2.38. The molecule has 0 aliphatic carbocycles. The summed E-state index contributed by atoms with van der Waals surface area (Å²) >= 11 is 4.52. The Hall–Kier alpha value is -2.40. The lowest BCUT2D eigenvalue weighted by Gasteiger charge is -2.39. The number of carbonyl (C=O) groups excluding carboxylic acids is 1. The third-order valence-electron chi connectivity index (χ3n) is 4.83. The van der Waals surface area contributed by atoms with Crippen molar-refractivity contribution in [1.82, 2.24) is 5.32 Å². The van der Waals surface area contributed by atoms with Crippen LogP contribution in [0.5, 0.6) is 5.75 Å². The molecule has 11 heteroatoms. The number of benzene rings is 1. The van der Waals surface area contributed by atoms with Crippen LogP contribution in [-0.2, 0) is 15.1 Å². The molecule has 3 atom stereocenters. The quantitative estimate of drug-likeness (QED) is 0.427. The number of nitrogens with zero attached hydrogens (tertiary/aromatic N) is 1. The number of halogens is 3. The van der Waals surface area contributed by atoms with Crippen LogP contribution in [0.15, 0.2) is 23.2 Å². The Morgan fingerprint density at radius 1 is 1.34 bits per heavy atom. The van der Waals surface area contributed by atoms with Crippen LogP contribution in [0, 0.1) is 0 Å². The van der Waals surface area contributed by atoms with E-state index in [2.05, 4.69) is 22.5 Å². The van der Waals surface area contributed by atoms with Crippen LogP contribution < -0.4 is 21.5 Å². The van der Waals surface area contributed by atoms with Gasteiger partial charge in [0.2, 0.25) is 0 Å². The Kier molecular flexibility index (Phi) is 7.45. The van der Waals surface area contributed by atoms with Crippen LogP contribution in [0.25, 0.3) is 0 Å². The molecule has 1 aromatic carbocycles. The van der Waals surface area contributed by atoms with Crippen LogP contribution in [0.4, 0.5) is 18.9 Å². The van der Waals surface area contributed by atoms with Gasteiger partial charge in [-0.15, -0.1) is 0 Å². The van der Waals surface area contributed by atoms with Gasteiger partial charge in [-0.25, -0.2) is 9.79 Å². The molecule has 0 bridgehead atoms. The zero-order valence-corrected chi connectivity index (χ0v) is 19.5. The maximum Gasteiger partial charge on any atom is 0.441 e. The van der Waals surface area contributed by atoms with E-state index in [9.17, 15) is 18.0 Å². The zero-order chi connectivity index (χ0) is 24.5. The molecule has 1 aliphatic rings. The maximum atomic E-state index is 13.3. The van der Waals surface area contributed by atoms with E-state index in [-0.39, 0.29) is 17.8 Å². The van der Waals surface area contributed by atoms with E-state index in [0.29, 0.717) is 17.9 Å². The Bertz CT molecular complexity index is 915. The first kappa shape index (κ1) is 25.9. The molecule has 178 valence electrons. The summed E-state index contributed by atoms with van der Waals surface area (Å²) < 4.78 is 50.8. The molecule has 0 spiro atoms. The molecule has 1 aromatic rings. The fraction of sp³-hybridized carbons (Fsp3) is 0.571. The van der Waals surface area contributed by atoms with Gasteiger partial charge in [0.15, 0.2) is 16.6 Å². The molecule has 0 radical (unpaired) electrons. The first-order chi connectivity index (χ1) is 14.6. The minimum atomic E-state index is -4.78. The van der Waals surface area contributed by atoms with Crippen LogP contribution >= 0.6 is 12.2 Å². The minimum Gasteiger partial charge on any atom is -0.481 e. The van der Waals surface area contributed by atoms with E-state index in [0.717, 1.165) is 0 Å². The number of hydrogen-bond donors (Lipinski definition) is 3. The smallest absolute Gasteiger partial charge is 0.441 e. The summed E-state index contributed by atoms with van der Waals surface area (Å²) in [5.74, 6) is -0.272. The molecule has 1 heterocycles. The third kappa shape index (κ3) is 5.69. The number of aliphatic imine (C=N–C) groups is 1. The summed E-state index contributed by atoms with van der Waals surface area (Å²) in [5, 5.41) is 2.25. The average molecular weight is 475 g/mol. The number of nitrogens with one attached hydrogen (secondary N) is 1. The molecule has 0 aromatic heterocycles. The van der Waals surface area contributed by atoms with Gasteiger partial charge in [-0.1, -0.05) is 31.6 Å². The molecule has 3 unspecified atom stereocenters. The van der Waals surface area contributed by atoms with E-state index in [1.165, 1.54) is 12.1 Å².